The van der Waals surface area contributed by atoms with Gasteiger partial charge < -0.3 is 14.6 Å². The lowest BCUT2D eigenvalue weighted by Gasteiger charge is -2.32. The Morgan fingerprint density at radius 2 is 1.79 bits per heavy atom. The monoisotopic (exact) mass is 391 g/mol. The molecule has 2 amide bonds. The number of para-hydroxylation sites is 2. The number of rotatable bonds is 5. The van der Waals surface area contributed by atoms with Crippen LogP contribution in [0.2, 0.25) is 0 Å². The highest BCUT2D eigenvalue weighted by atomic mass is 16.3. The number of hydrogen-bond acceptors (Lipinski definition) is 4. The summed E-state index contributed by atoms with van der Waals surface area (Å²) in [5.41, 5.74) is 2.63. The summed E-state index contributed by atoms with van der Waals surface area (Å²) < 4.78 is 5.91. The number of amides is 2. The minimum Gasteiger partial charge on any atom is -0.440 e. The molecule has 6 nitrogen and oxygen atoms in total. The first-order chi connectivity index (χ1) is 14.1. The molecular formula is C23H25N3O3. The van der Waals surface area contributed by atoms with Crippen molar-refractivity contribution >= 4 is 22.9 Å². The summed E-state index contributed by atoms with van der Waals surface area (Å²) >= 11 is 0. The summed E-state index contributed by atoms with van der Waals surface area (Å²) in [5.74, 6) is 0.912. The molecule has 1 fully saturated rings. The van der Waals surface area contributed by atoms with E-state index in [1.807, 2.05) is 59.5 Å². The van der Waals surface area contributed by atoms with Gasteiger partial charge in [-0.05, 0) is 30.5 Å². The van der Waals surface area contributed by atoms with Gasteiger partial charge >= 0.3 is 0 Å². The van der Waals surface area contributed by atoms with Crippen LogP contribution in [0.15, 0.2) is 59.0 Å². The van der Waals surface area contributed by atoms with Gasteiger partial charge in [0.2, 0.25) is 11.8 Å². The normalized spacial score (nSPS) is 16.0. The molecule has 3 aromatic rings. The zero-order valence-corrected chi connectivity index (χ0v) is 16.5. The number of likely N-dealkylation sites (tertiary alicyclic amines) is 1. The van der Waals surface area contributed by atoms with Crippen molar-refractivity contribution < 1.29 is 14.0 Å². The molecule has 4 rings (SSSR count). The number of hydrogen-bond donors (Lipinski definition) is 1. The molecular weight excluding hydrogens is 366 g/mol. The van der Waals surface area contributed by atoms with Gasteiger partial charge in [0.15, 0.2) is 11.5 Å². The van der Waals surface area contributed by atoms with Crippen LogP contribution < -0.4 is 5.32 Å². The second kappa shape index (κ2) is 8.47. The van der Waals surface area contributed by atoms with Gasteiger partial charge in [-0.25, -0.2) is 4.98 Å². The third-order valence-corrected chi connectivity index (χ3v) is 5.47. The molecule has 1 aliphatic heterocycles. The van der Waals surface area contributed by atoms with Crippen molar-refractivity contribution in [2.24, 2.45) is 0 Å². The van der Waals surface area contributed by atoms with Crippen molar-refractivity contribution in [3.63, 3.8) is 0 Å². The molecule has 1 unspecified atom stereocenters. The predicted molar refractivity (Wildman–Crippen MR) is 110 cm³/mol. The predicted octanol–water partition coefficient (Wildman–Crippen LogP) is 3.80. The van der Waals surface area contributed by atoms with Gasteiger partial charge in [0.1, 0.15) is 5.52 Å². The number of oxazole rings is 1. The summed E-state index contributed by atoms with van der Waals surface area (Å²) in [4.78, 5) is 31.0. The van der Waals surface area contributed by atoms with E-state index < -0.39 is 0 Å². The van der Waals surface area contributed by atoms with E-state index in [-0.39, 0.29) is 30.2 Å². The van der Waals surface area contributed by atoms with Crippen molar-refractivity contribution in [1.29, 1.82) is 0 Å². The van der Waals surface area contributed by atoms with Crippen molar-refractivity contribution in [3.8, 4) is 0 Å². The Hall–Kier alpha value is -3.15. The van der Waals surface area contributed by atoms with Crippen LogP contribution >= 0.6 is 0 Å². The maximum absolute atomic E-state index is 12.9. The summed E-state index contributed by atoms with van der Waals surface area (Å²) in [6.45, 7) is 2.82. The highest BCUT2D eigenvalue weighted by molar-refractivity contribution is 5.79. The van der Waals surface area contributed by atoms with Gasteiger partial charge in [0.05, 0.1) is 12.5 Å². The molecule has 0 aliphatic carbocycles. The maximum Gasteiger partial charge on any atom is 0.224 e. The van der Waals surface area contributed by atoms with Crippen LogP contribution in [0, 0.1) is 0 Å². The van der Waals surface area contributed by atoms with Gasteiger partial charge in [-0.15, -0.1) is 0 Å². The lowest BCUT2D eigenvalue weighted by molar-refractivity contribution is -0.133. The number of carbonyl (C=O) groups is 2. The number of nitrogens with zero attached hydrogens (tertiary/aromatic N) is 2. The van der Waals surface area contributed by atoms with Crippen LogP contribution in [0.3, 0.4) is 0 Å². The molecule has 1 saturated heterocycles. The highest BCUT2D eigenvalue weighted by Crippen LogP contribution is 2.30. The number of carbonyl (C=O) groups excluding carboxylic acids is 2. The Labute approximate surface area is 169 Å². The first-order valence-corrected chi connectivity index (χ1v) is 10.1. The van der Waals surface area contributed by atoms with Crippen molar-refractivity contribution in [3.05, 3.63) is 66.1 Å². The van der Waals surface area contributed by atoms with Crippen LogP contribution in [0.1, 0.15) is 49.6 Å². The van der Waals surface area contributed by atoms with E-state index in [1.165, 1.54) is 6.92 Å². The quantitative estimate of drug-likeness (QED) is 0.718. The topological polar surface area (TPSA) is 75.4 Å². The molecule has 1 N–H and O–H groups in total. The third kappa shape index (κ3) is 4.47. The summed E-state index contributed by atoms with van der Waals surface area (Å²) in [6, 6.07) is 17.1. The summed E-state index contributed by atoms with van der Waals surface area (Å²) in [7, 11) is 0. The molecule has 2 heterocycles. The molecule has 0 saturated carbocycles. The maximum atomic E-state index is 12.9. The fraction of sp³-hybridized carbons (Fsp3) is 0.348. The fourth-order valence-electron chi connectivity index (χ4n) is 3.93. The lowest BCUT2D eigenvalue weighted by Crippen LogP contribution is -2.40. The second-order valence-electron chi connectivity index (χ2n) is 7.54. The fourth-order valence-corrected chi connectivity index (χ4v) is 3.93. The van der Waals surface area contributed by atoms with Crippen LogP contribution in [0.5, 0.6) is 0 Å². The van der Waals surface area contributed by atoms with Crippen molar-refractivity contribution in [2.45, 2.75) is 38.1 Å². The molecule has 6 heteroatoms. The van der Waals surface area contributed by atoms with E-state index >= 15 is 0 Å². The Bertz CT molecular complexity index is 958. The number of fused-ring (bicyclic) bond motifs is 1. The van der Waals surface area contributed by atoms with Crippen LogP contribution in [0.25, 0.3) is 11.1 Å². The van der Waals surface area contributed by atoms with E-state index in [0.29, 0.717) is 13.1 Å². The zero-order chi connectivity index (χ0) is 20.2. The van der Waals surface area contributed by atoms with Crippen LogP contribution in [-0.4, -0.2) is 34.8 Å². The number of aromatic nitrogens is 1. The lowest BCUT2D eigenvalue weighted by atomic mass is 9.95. The Kier molecular flexibility index (Phi) is 5.60. The van der Waals surface area contributed by atoms with Gasteiger partial charge in [-0.3, -0.25) is 9.59 Å². The van der Waals surface area contributed by atoms with Gasteiger partial charge in [0.25, 0.3) is 0 Å². The van der Waals surface area contributed by atoms with E-state index in [0.717, 1.165) is 35.4 Å². The number of piperidine rings is 1. The largest absolute Gasteiger partial charge is 0.440 e. The SMILES string of the molecule is CC(=O)NC(CC(=O)N1CCC(c2nc3ccccc3o2)CC1)c1ccccc1. The second-order valence-corrected chi connectivity index (χ2v) is 7.54. The Balaban J connectivity index is 1.38. The van der Waals surface area contributed by atoms with Crippen molar-refractivity contribution in [2.75, 3.05) is 13.1 Å². The van der Waals surface area contributed by atoms with Gasteiger partial charge in [-0.2, -0.15) is 0 Å². The van der Waals surface area contributed by atoms with Gasteiger partial charge in [0, 0.05) is 25.9 Å². The summed E-state index contributed by atoms with van der Waals surface area (Å²) in [5, 5.41) is 2.90. The molecule has 1 atom stereocenters. The van der Waals surface area contributed by atoms with Crippen molar-refractivity contribution in [1.82, 2.24) is 15.2 Å². The number of nitrogens with one attached hydrogen (secondary N) is 1. The zero-order valence-electron chi connectivity index (χ0n) is 16.5. The van der Waals surface area contributed by atoms with Crippen LogP contribution in [-0.2, 0) is 9.59 Å². The first kappa shape index (κ1) is 19.2. The number of benzene rings is 2. The molecule has 29 heavy (non-hydrogen) atoms. The molecule has 0 spiro atoms. The molecule has 0 bridgehead atoms. The molecule has 0 radical (unpaired) electrons. The Morgan fingerprint density at radius 3 is 2.48 bits per heavy atom. The smallest absolute Gasteiger partial charge is 0.224 e. The highest BCUT2D eigenvalue weighted by Gasteiger charge is 2.28. The van der Waals surface area contributed by atoms with Gasteiger partial charge in [-0.1, -0.05) is 42.5 Å². The molecule has 1 aromatic heterocycles. The minimum atomic E-state index is -0.309. The Morgan fingerprint density at radius 1 is 1.10 bits per heavy atom. The van der Waals surface area contributed by atoms with Crippen LogP contribution in [0.4, 0.5) is 0 Å². The standard InChI is InChI=1S/C23H25N3O3/c1-16(27)24-20(17-7-3-2-4-8-17)15-22(28)26-13-11-18(12-14-26)23-25-19-9-5-6-10-21(19)29-23/h2-10,18,20H,11-15H2,1H3,(H,24,27). The van der Waals surface area contributed by atoms with E-state index in [1.54, 1.807) is 0 Å². The molecule has 1 aliphatic rings. The van der Waals surface area contributed by atoms with E-state index in [9.17, 15) is 9.59 Å². The average molecular weight is 391 g/mol. The average Bonchev–Trinajstić information content (AvgIpc) is 3.18. The molecule has 150 valence electrons. The first-order valence-electron chi connectivity index (χ1n) is 10.1. The molecule has 2 aromatic carbocycles. The minimum absolute atomic E-state index is 0.0589. The third-order valence-electron chi connectivity index (χ3n) is 5.47. The summed E-state index contributed by atoms with van der Waals surface area (Å²) in [6.07, 6.45) is 1.92. The van der Waals surface area contributed by atoms with E-state index in [2.05, 4.69) is 10.3 Å². The van der Waals surface area contributed by atoms with E-state index in [4.69, 9.17) is 4.42 Å².